The summed E-state index contributed by atoms with van der Waals surface area (Å²) in [6.45, 7) is 6.80. The fraction of sp³-hybridized carbons (Fsp3) is 0.435. The van der Waals surface area contributed by atoms with E-state index >= 15 is 0 Å². The Balaban J connectivity index is 1.51. The van der Waals surface area contributed by atoms with Crippen molar-refractivity contribution in [3.8, 4) is 0 Å². The number of ether oxygens (including phenoxy) is 1. The van der Waals surface area contributed by atoms with Gasteiger partial charge in [-0.3, -0.25) is 4.79 Å². The minimum atomic E-state index is -3.68. The first-order valence-electron chi connectivity index (χ1n) is 10.8. The lowest BCUT2D eigenvalue weighted by atomic mass is 10.1. The van der Waals surface area contributed by atoms with Crippen LogP contribution in [0.1, 0.15) is 42.6 Å². The quantitative estimate of drug-likeness (QED) is 0.688. The number of rotatable bonds is 6. The summed E-state index contributed by atoms with van der Waals surface area (Å²) in [6.07, 6.45) is 1.64. The molecule has 0 bridgehead atoms. The second-order valence-electron chi connectivity index (χ2n) is 8.65. The number of morpholine rings is 1. The molecular weight excluding hydrogens is 433 g/mol. The van der Waals surface area contributed by atoms with Gasteiger partial charge >= 0.3 is 0 Å². The molecule has 1 saturated heterocycles. The van der Waals surface area contributed by atoms with Gasteiger partial charge in [0.15, 0.2) is 0 Å². The predicted octanol–water partition coefficient (Wildman–Crippen LogP) is 3.44. The zero-order valence-corrected chi connectivity index (χ0v) is 19.2. The summed E-state index contributed by atoms with van der Waals surface area (Å²) < 4.78 is 48.2. The number of carbonyl (C=O) groups excluding carboxylic acids is 1. The van der Waals surface area contributed by atoms with Crippen LogP contribution in [0.5, 0.6) is 0 Å². The van der Waals surface area contributed by atoms with Crippen LogP contribution in [0.4, 0.5) is 15.8 Å². The molecule has 2 aromatic carbocycles. The van der Waals surface area contributed by atoms with Crippen LogP contribution in [0.25, 0.3) is 0 Å². The molecule has 4 rings (SSSR count). The van der Waals surface area contributed by atoms with Gasteiger partial charge in [-0.15, -0.1) is 0 Å². The minimum Gasteiger partial charge on any atom is -0.372 e. The average Bonchev–Trinajstić information content (AvgIpc) is 3.50. The lowest BCUT2D eigenvalue weighted by Gasteiger charge is -2.37. The lowest BCUT2D eigenvalue weighted by Crippen LogP contribution is -2.45. The van der Waals surface area contributed by atoms with Crippen molar-refractivity contribution in [3.63, 3.8) is 0 Å². The molecule has 2 aliphatic rings. The SMILES string of the molecule is Cc1ccc(S(=O)(=O)NC2CC2)cc1C(=O)Nc1ccc(N2CC(C)OC(C)C2)c(F)c1. The van der Waals surface area contributed by atoms with E-state index in [1.165, 1.54) is 18.2 Å². The Morgan fingerprint density at radius 1 is 1.09 bits per heavy atom. The first-order chi connectivity index (χ1) is 15.1. The van der Waals surface area contributed by atoms with E-state index < -0.39 is 21.7 Å². The highest BCUT2D eigenvalue weighted by Gasteiger charge is 2.29. The van der Waals surface area contributed by atoms with E-state index in [-0.39, 0.29) is 28.7 Å². The van der Waals surface area contributed by atoms with Gasteiger partial charge in [0.05, 0.1) is 22.8 Å². The van der Waals surface area contributed by atoms with Crippen molar-refractivity contribution in [2.45, 2.75) is 56.8 Å². The molecule has 2 unspecified atom stereocenters. The molecule has 1 saturated carbocycles. The van der Waals surface area contributed by atoms with Crippen LogP contribution in [0.15, 0.2) is 41.3 Å². The third-order valence-corrected chi connectivity index (χ3v) is 7.15. The van der Waals surface area contributed by atoms with Crippen molar-refractivity contribution in [2.75, 3.05) is 23.3 Å². The van der Waals surface area contributed by atoms with Crippen LogP contribution >= 0.6 is 0 Å². The maximum absolute atomic E-state index is 14.8. The highest BCUT2D eigenvalue weighted by Crippen LogP contribution is 2.27. The average molecular weight is 462 g/mol. The minimum absolute atomic E-state index is 0.00142. The molecule has 2 aromatic rings. The summed E-state index contributed by atoms with van der Waals surface area (Å²) in [5.74, 6) is -0.933. The summed E-state index contributed by atoms with van der Waals surface area (Å²) in [7, 11) is -3.68. The standard InChI is InChI=1S/C23H28FN3O4S/c1-14-4-8-19(32(29,30)26-17-5-6-17)11-20(14)23(28)25-18-7-9-22(21(24)10-18)27-12-15(2)31-16(3)13-27/h4,7-11,15-17,26H,5-6,12-13H2,1-3H3,(H,25,28). The molecule has 0 aromatic heterocycles. The fourth-order valence-corrected chi connectivity index (χ4v) is 5.25. The van der Waals surface area contributed by atoms with Gasteiger partial charge in [-0.25, -0.2) is 17.5 Å². The van der Waals surface area contributed by atoms with E-state index in [1.54, 1.807) is 25.1 Å². The predicted molar refractivity (Wildman–Crippen MR) is 121 cm³/mol. The number of hydrogen-bond acceptors (Lipinski definition) is 5. The van der Waals surface area contributed by atoms with Crippen LogP contribution in [0, 0.1) is 12.7 Å². The second-order valence-corrected chi connectivity index (χ2v) is 10.4. The number of halogens is 1. The molecule has 2 atom stereocenters. The first kappa shape index (κ1) is 22.7. The number of nitrogens with zero attached hydrogens (tertiary/aromatic N) is 1. The molecule has 0 spiro atoms. The van der Waals surface area contributed by atoms with Gasteiger partial charge in [0, 0.05) is 30.4 Å². The van der Waals surface area contributed by atoms with Crippen molar-refractivity contribution in [3.05, 3.63) is 53.3 Å². The second kappa shape index (κ2) is 8.80. The Hall–Kier alpha value is -2.49. The molecule has 1 aliphatic heterocycles. The topological polar surface area (TPSA) is 87.7 Å². The molecule has 1 heterocycles. The zero-order valence-electron chi connectivity index (χ0n) is 18.4. The molecule has 7 nitrogen and oxygen atoms in total. The normalized spacial score (nSPS) is 21.4. The van der Waals surface area contributed by atoms with Gasteiger partial charge in [-0.05, 0) is 69.5 Å². The first-order valence-corrected chi connectivity index (χ1v) is 12.2. The van der Waals surface area contributed by atoms with Gasteiger partial charge in [0.1, 0.15) is 5.82 Å². The smallest absolute Gasteiger partial charge is 0.255 e. The van der Waals surface area contributed by atoms with E-state index in [1.807, 2.05) is 18.7 Å². The molecule has 2 fully saturated rings. The lowest BCUT2D eigenvalue weighted by molar-refractivity contribution is -0.00539. The number of benzene rings is 2. The van der Waals surface area contributed by atoms with Crippen LogP contribution in [-0.2, 0) is 14.8 Å². The van der Waals surface area contributed by atoms with Gasteiger partial charge in [0.25, 0.3) is 5.91 Å². The Morgan fingerprint density at radius 3 is 2.41 bits per heavy atom. The zero-order chi connectivity index (χ0) is 23.0. The van der Waals surface area contributed by atoms with Gasteiger partial charge < -0.3 is 15.0 Å². The summed E-state index contributed by atoms with van der Waals surface area (Å²) in [5.41, 5.74) is 1.61. The molecule has 0 radical (unpaired) electrons. The number of anilines is 2. The van der Waals surface area contributed by atoms with Crippen LogP contribution < -0.4 is 14.9 Å². The third-order valence-electron chi connectivity index (χ3n) is 5.63. The highest BCUT2D eigenvalue weighted by atomic mass is 32.2. The highest BCUT2D eigenvalue weighted by molar-refractivity contribution is 7.89. The molecule has 32 heavy (non-hydrogen) atoms. The monoisotopic (exact) mass is 461 g/mol. The van der Waals surface area contributed by atoms with Gasteiger partial charge in [-0.2, -0.15) is 0 Å². The Kier molecular flexibility index (Phi) is 6.24. The number of hydrogen-bond donors (Lipinski definition) is 2. The van der Waals surface area contributed by atoms with E-state index in [2.05, 4.69) is 10.0 Å². The van der Waals surface area contributed by atoms with E-state index in [0.717, 1.165) is 12.8 Å². The van der Waals surface area contributed by atoms with Crippen molar-refractivity contribution >= 4 is 27.3 Å². The third kappa shape index (κ3) is 5.11. The maximum atomic E-state index is 14.8. The van der Waals surface area contributed by atoms with E-state index in [0.29, 0.717) is 30.0 Å². The van der Waals surface area contributed by atoms with Crippen molar-refractivity contribution in [1.29, 1.82) is 0 Å². The molecule has 9 heteroatoms. The van der Waals surface area contributed by atoms with Crippen molar-refractivity contribution in [1.82, 2.24) is 4.72 Å². The number of nitrogens with one attached hydrogen (secondary N) is 2. The Morgan fingerprint density at radius 2 is 1.78 bits per heavy atom. The Labute approximate surface area is 188 Å². The summed E-state index contributed by atoms with van der Waals surface area (Å²) in [5, 5.41) is 2.68. The van der Waals surface area contributed by atoms with Gasteiger partial charge in [0.2, 0.25) is 10.0 Å². The molecule has 1 amide bonds. The largest absolute Gasteiger partial charge is 0.372 e. The van der Waals surface area contributed by atoms with E-state index in [4.69, 9.17) is 4.74 Å². The van der Waals surface area contributed by atoms with Gasteiger partial charge in [-0.1, -0.05) is 6.07 Å². The number of amides is 1. The summed E-state index contributed by atoms with van der Waals surface area (Å²) in [6, 6.07) is 8.97. The maximum Gasteiger partial charge on any atom is 0.255 e. The summed E-state index contributed by atoms with van der Waals surface area (Å²) >= 11 is 0. The number of carbonyl (C=O) groups is 1. The fourth-order valence-electron chi connectivity index (χ4n) is 3.92. The number of aryl methyl sites for hydroxylation is 1. The van der Waals surface area contributed by atoms with Crippen LogP contribution in [0.2, 0.25) is 0 Å². The van der Waals surface area contributed by atoms with Crippen molar-refractivity contribution < 1.29 is 22.3 Å². The van der Waals surface area contributed by atoms with Crippen molar-refractivity contribution in [2.24, 2.45) is 0 Å². The molecule has 2 N–H and O–H groups in total. The molecular formula is C23H28FN3O4S. The summed E-state index contributed by atoms with van der Waals surface area (Å²) in [4.78, 5) is 14.8. The Bertz CT molecular complexity index is 1120. The van der Waals surface area contributed by atoms with E-state index in [9.17, 15) is 17.6 Å². The van der Waals surface area contributed by atoms with Crippen LogP contribution in [-0.4, -0.2) is 45.7 Å². The molecule has 172 valence electrons. The molecule has 1 aliphatic carbocycles. The van der Waals surface area contributed by atoms with Crippen LogP contribution in [0.3, 0.4) is 0 Å². The number of sulfonamides is 1.